The van der Waals surface area contributed by atoms with Crippen molar-refractivity contribution in [2.24, 2.45) is 0 Å². The van der Waals surface area contributed by atoms with Crippen molar-refractivity contribution < 1.29 is 17.9 Å². The third-order valence-electron chi connectivity index (χ3n) is 5.27. The van der Waals surface area contributed by atoms with Crippen molar-refractivity contribution in [1.29, 1.82) is 0 Å². The first-order valence-corrected chi connectivity index (χ1v) is 12.0. The molecular formula is C26H24N2O4S. The van der Waals surface area contributed by atoms with Gasteiger partial charge in [0.15, 0.2) is 0 Å². The van der Waals surface area contributed by atoms with E-state index in [1.807, 2.05) is 42.5 Å². The Morgan fingerprint density at radius 1 is 0.848 bits per heavy atom. The zero-order chi connectivity index (χ0) is 23.3. The molecule has 0 radical (unpaired) electrons. The van der Waals surface area contributed by atoms with Crippen LogP contribution in [0.15, 0.2) is 95.9 Å². The highest BCUT2D eigenvalue weighted by Crippen LogP contribution is 2.25. The van der Waals surface area contributed by atoms with Crippen LogP contribution >= 0.6 is 0 Å². The number of hydrogen-bond donors (Lipinski definition) is 2. The molecule has 168 valence electrons. The number of ether oxygens (including phenoxy) is 1. The van der Waals surface area contributed by atoms with Crippen molar-refractivity contribution >= 4 is 32.4 Å². The lowest BCUT2D eigenvalue weighted by Gasteiger charge is -2.14. The van der Waals surface area contributed by atoms with E-state index in [-0.39, 0.29) is 10.8 Å². The molecule has 0 saturated heterocycles. The van der Waals surface area contributed by atoms with Crippen molar-refractivity contribution in [3.05, 3.63) is 102 Å². The number of anilines is 1. The first-order valence-electron chi connectivity index (χ1n) is 10.5. The van der Waals surface area contributed by atoms with E-state index in [9.17, 15) is 13.2 Å². The Bertz CT molecular complexity index is 1380. The summed E-state index contributed by atoms with van der Waals surface area (Å²) >= 11 is 0. The van der Waals surface area contributed by atoms with Crippen LogP contribution in [-0.4, -0.2) is 27.5 Å². The van der Waals surface area contributed by atoms with Gasteiger partial charge >= 0.3 is 0 Å². The molecule has 4 aromatic rings. The summed E-state index contributed by atoms with van der Waals surface area (Å²) < 4.78 is 33.7. The van der Waals surface area contributed by atoms with Crippen LogP contribution < -0.4 is 14.8 Å². The molecule has 33 heavy (non-hydrogen) atoms. The zero-order valence-corrected chi connectivity index (χ0v) is 18.9. The van der Waals surface area contributed by atoms with Gasteiger partial charge in [0.25, 0.3) is 15.9 Å². The third kappa shape index (κ3) is 5.15. The average Bonchev–Trinajstić information content (AvgIpc) is 2.83. The first kappa shape index (κ1) is 22.4. The van der Waals surface area contributed by atoms with Crippen molar-refractivity contribution in [1.82, 2.24) is 5.32 Å². The standard InChI is InChI=1S/C26H24N2O4S/c1-19-22(14-8-15-24(19)28-33(30,31)21-11-3-2-4-12-21)26(29)27-17-18-32-25-16-7-10-20-9-5-6-13-23(20)25/h2-16,28H,17-18H2,1H3,(H,27,29). The number of nitrogens with one attached hydrogen (secondary N) is 2. The Balaban J connectivity index is 1.39. The van der Waals surface area contributed by atoms with Crippen molar-refractivity contribution in [3.8, 4) is 5.75 Å². The maximum Gasteiger partial charge on any atom is 0.261 e. The second kappa shape index (κ2) is 9.75. The molecule has 4 aromatic carbocycles. The summed E-state index contributed by atoms with van der Waals surface area (Å²) in [7, 11) is -3.75. The molecule has 0 heterocycles. The van der Waals surface area contributed by atoms with Crippen LogP contribution in [0.2, 0.25) is 0 Å². The second-order valence-corrected chi connectivity index (χ2v) is 9.16. The van der Waals surface area contributed by atoms with E-state index in [4.69, 9.17) is 4.74 Å². The summed E-state index contributed by atoms with van der Waals surface area (Å²) in [5.74, 6) is 0.464. The van der Waals surface area contributed by atoms with Gasteiger partial charge in [0.1, 0.15) is 12.4 Å². The Kier molecular flexibility index (Phi) is 6.60. The summed E-state index contributed by atoms with van der Waals surface area (Å²) in [5, 5.41) is 4.94. The minimum Gasteiger partial charge on any atom is -0.491 e. The lowest BCUT2D eigenvalue weighted by atomic mass is 10.1. The van der Waals surface area contributed by atoms with E-state index in [0.29, 0.717) is 30.0 Å². The molecule has 7 heteroatoms. The summed E-state index contributed by atoms with van der Waals surface area (Å²) in [4.78, 5) is 12.9. The number of carbonyl (C=O) groups is 1. The van der Waals surface area contributed by atoms with Gasteiger partial charge in [0.05, 0.1) is 17.1 Å². The molecule has 0 fully saturated rings. The molecule has 0 spiro atoms. The minimum absolute atomic E-state index is 0.157. The van der Waals surface area contributed by atoms with Gasteiger partial charge in [-0.25, -0.2) is 8.42 Å². The monoisotopic (exact) mass is 460 g/mol. The van der Waals surface area contributed by atoms with Crippen molar-refractivity contribution in [2.75, 3.05) is 17.9 Å². The topological polar surface area (TPSA) is 84.5 Å². The van der Waals surface area contributed by atoms with Crippen LogP contribution in [0.4, 0.5) is 5.69 Å². The third-order valence-corrected chi connectivity index (χ3v) is 6.65. The van der Waals surface area contributed by atoms with Crippen LogP contribution in [-0.2, 0) is 10.0 Å². The molecule has 0 aliphatic heterocycles. The number of carbonyl (C=O) groups excluding carboxylic acids is 1. The highest BCUT2D eigenvalue weighted by Gasteiger charge is 2.17. The van der Waals surface area contributed by atoms with Crippen LogP contribution in [0.5, 0.6) is 5.75 Å². The van der Waals surface area contributed by atoms with Crippen LogP contribution in [0, 0.1) is 6.92 Å². The maximum atomic E-state index is 12.7. The zero-order valence-electron chi connectivity index (χ0n) is 18.1. The van der Waals surface area contributed by atoms with Crippen LogP contribution in [0.25, 0.3) is 10.8 Å². The van der Waals surface area contributed by atoms with Crippen LogP contribution in [0.1, 0.15) is 15.9 Å². The van der Waals surface area contributed by atoms with E-state index in [2.05, 4.69) is 10.0 Å². The fourth-order valence-corrected chi connectivity index (χ4v) is 4.68. The largest absolute Gasteiger partial charge is 0.491 e. The van der Waals surface area contributed by atoms with E-state index < -0.39 is 10.0 Å². The SMILES string of the molecule is Cc1c(NS(=O)(=O)c2ccccc2)cccc1C(=O)NCCOc1cccc2ccccc12. The lowest BCUT2D eigenvalue weighted by Crippen LogP contribution is -2.29. The molecule has 0 saturated carbocycles. The smallest absolute Gasteiger partial charge is 0.261 e. The van der Waals surface area contributed by atoms with E-state index in [1.54, 1.807) is 43.3 Å². The Hall–Kier alpha value is -3.84. The number of amides is 1. The predicted octanol–water partition coefficient (Wildman–Crippen LogP) is 4.76. The summed E-state index contributed by atoms with van der Waals surface area (Å²) in [5.41, 5.74) is 1.30. The lowest BCUT2D eigenvalue weighted by molar-refractivity contribution is 0.0946. The number of benzene rings is 4. The predicted molar refractivity (Wildman–Crippen MR) is 130 cm³/mol. The van der Waals surface area contributed by atoms with Gasteiger partial charge in [-0.2, -0.15) is 0 Å². The molecule has 0 aliphatic rings. The second-order valence-electron chi connectivity index (χ2n) is 7.48. The first-order chi connectivity index (χ1) is 16.0. The molecule has 1 amide bonds. The van der Waals surface area contributed by atoms with Gasteiger partial charge in [-0.3, -0.25) is 9.52 Å². The molecule has 6 nitrogen and oxygen atoms in total. The van der Waals surface area contributed by atoms with Gasteiger partial charge in [-0.15, -0.1) is 0 Å². The maximum absolute atomic E-state index is 12.7. The van der Waals surface area contributed by atoms with Gasteiger partial charge < -0.3 is 10.1 Å². The molecule has 0 unspecified atom stereocenters. The minimum atomic E-state index is -3.75. The van der Waals surface area contributed by atoms with Crippen LogP contribution in [0.3, 0.4) is 0 Å². The number of hydrogen-bond acceptors (Lipinski definition) is 4. The molecule has 0 aromatic heterocycles. The quantitative estimate of drug-likeness (QED) is 0.372. The Labute approximate surface area is 193 Å². The summed E-state index contributed by atoms with van der Waals surface area (Å²) in [6.07, 6.45) is 0. The van der Waals surface area contributed by atoms with Gasteiger partial charge in [-0.1, -0.05) is 60.7 Å². The number of fused-ring (bicyclic) bond motifs is 1. The van der Waals surface area contributed by atoms with E-state index in [1.165, 1.54) is 12.1 Å². The Morgan fingerprint density at radius 3 is 2.36 bits per heavy atom. The van der Waals surface area contributed by atoms with E-state index in [0.717, 1.165) is 16.5 Å². The highest BCUT2D eigenvalue weighted by atomic mass is 32.2. The molecular weight excluding hydrogens is 436 g/mol. The normalized spacial score (nSPS) is 11.2. The van der Waals surface area contributed by atoms with Gasteiger partial charge in [0.2, 0.25) is 0 Å². The van der Waals surface area contributed by atoms with Crippen molar-refractivity contribution in [3.63, 3.8) is 0 Å². The van der Waals surface area contributed by atoms with E-state index >= 15 is 0 Å². The van der Waals surface area contributed by atoms with Gasteiger partial charge in [-0.05, 0) is 48.2 Å². The molecule has 4 rings (SSSR count). The fraction of sp³-hybridized carbons (Fsp3) is 0.115. The summed E-state index contributed by atoms with van der Waals surface area (Å²) in [6, 6.07) is 26.8. The molecule has 0 atom stereocenters. The number of sulfonamides is 1. The van der Waals surface area contributed by atoms with Crippen molar-refractivity contribution in [2.45, 2.75) is 11.8 Å². The fourth-order valence-electron chi connectivity index (χ4n) is 3.54. The molecule has 2 N–H and O–H groups in total. The Morgan fingerprint density at radius 2 is 1.55 bits per heavy atom. The van der Waals surface area contributed by atoms with Gasteiger partial charge in [0, 0.05) is 10.9 Å². The number of rotatable bonds is 8. The molecule has 0 aliphatic carbocycles. The average molecular weight is 461 g/mol. The summed E-state index contributed by atoms with van der Waals surface area (Å²) in [6.45, 7) is 2.32. The molecule has 0 bridgehead atoms. The highest BCUT2D eigenvalue weighted by molar-refractivity contribution is 7.92.